The second-order valence-corrected chi connectivity index (χ2v) is 7.08. The predicted octanol–water partition coefficient (Wildman–Crippen LogP) is 2.31. The van der Waals surface area contributed by atoms with E-state index in [-0.39, 0.29) is 5.75 Å². The third-order valence-electron chi connectivity index (χ3n) is 2.67. The zero-order valence-corrected chi connectivity index (χ0v) is 12.3. The van der Waals surface area contributed by atoms with Crippen LogP contribution in [0.1, 0.15) is 19.4 Å². The molecule has 1 amide bonds. The van der Waals surface area contributed by atoms with E-state index in [1.165, 1.54) is 6.92 Å². The van der Waals surface area contributed by atoms with Crippen molar-refractivity contribution >= 4 is 21.4 Å². The van der Waals surface area contributed by atoms with Gasteiger partial charge >= 0.3 is 0 Å². The Balaban J connectivity index is 2.78. The average molecular weight is 281 g/mol. The van der Waals surface area contributed by atoms with Crippen molar-refractivity contribution in [2.24, 2.45) is 0 Å². The first-order chi connectivity index (χ1) is 8.72. The zero-order valence-electron chi connectivity index (χ0n) is 11.4. The largest absolute Gasteiger partial charge is 0.325 e. The molecule has 0 fully saturated rings. The number of amides is 1. The van der Waals surface area contributed by atoms with Gasteiger partial charge in [-0.15, -0.1) is 0 Å². The van der Waals surface area contributed by atoms with Gasteiger partial charge in [0.05, 0.1) is 5.75 Å². The standard InChI is InChI=1S/C14H19NO3S/c1-10(2)9-19(17,18)12(4)14(16)15-13-7-5-11(3)6-8-13/h5-8,12H,1,9H2,2-4H3,(H,15,16). The number of hydrogen-bond acceptors (Lipinski definition) is 3. The lowest BCUT2D eigenvalue weighted by molar-refractivity contribution is -0.115. The first-order valence-corrected chi connectivity index (χ1v) is 7.67. The van der Waals surface area contributed by atoms with Crippen LogP contribution in [0.3, 0.4) is 0 Å². The Bertz CT molecular complexity index is 573. The van der Waals surface area contributed by atoms with Gasteiger partial charge in [-0.3, -0.25) is 4.79 Å². The number of benzene rings is 1. The number of hydrogen-bond donors (Lipinski definition) is 1. The fourth-order valence-corrected chi connectivity index (χ4v) is 2.83. The molecular formula is C14H19NO3S. The third kappa shape index (κ3) is 4.52. The molecule has 0 aliphatic carbocycles. The van der Waals surface area contributed by atoms with Gasteiger partial charge in [0.25, 0.3) is 0 Å². The monoisotopic (exact) mass is 281 g/mol. The van der Waals surface area contributed by atoms with E-state index in [2.05, 4.69) is 11.9 Å². The highest BCUT2D eigenvalue weighted by molar-refractivity contribution is 7.92. The highest BCUT2D eigenvalue weighted by atomic mass is 32.2. The summed E-state index contributed by atoms with van der Waals surface area (Å²) >= 11 is 0. The highest BCUT2D eigenvalue weighted by Crippen LogP contribution is 2.12. The molecule has 0 aromatic heterocycles. The summed E-state index contributed by atoms with van der Waals surface area (Å²) in [5.74, 6) is -0.694. The number of nitrogens with one attached hydrogen (secondary N) is 1. The highest BCUT2D eigenvalue weighted by Gasteiger charge is 2.27. The van der Waals surface area contributed by atoms with Crippen LogP contribution >= 0.6 is 0 Å². The summed E-state index contributed by atoms with van der Waals surface area (Å²) in [6.45, 7) is 8.52. The fourth-order valence-electron chi connectivity index (χ4n) is 1.51. The van der Waals surface area contributed by atoms with Crippen LogP contribution in [0.2, 0.25) is 0 Å². The Hall–Kier alpha value is -1.62. The van der Waals surface area contributed by atoms with Gasteiger partial charge in [0.1, 0.15) is 5.25 Å². The van der Waals surface area contributed by atoms with E-state index in [4.69, 9.17) is 0 Å². The molecule has 1 atom stereocenters. The molecule has 19 heavy (non-hydrogen) atoms. The molecule has 0 heterocycles. The first kappa shape index (κ1) is 15.4. The molecular weight excluding hydrogens is 262 g/mol. The second kappa shape index (κ2) is 6.02. The Kier molecular flexibility index (Phi) is 4.89. The molecule has 1 aromatic rings. The molecule has 104 valence electrons. The van der Waals surface area contributed by atoms with E-state index < -0.39 is 21.0 Å². The minimum atomic E-state index is -3.50. The molecule has 0 aliphatic heterocycles. The van der Waals surface area contributed by atoms with Gasteiger partial charge in [-0.25, -0.2) is 8.42 Å². The minimum Gasteiger partial charge on any atom is -0.325 e. The van der Waals surface area contributed by atoms with E-state index in [1.54, 1.807) is 19.1 Å². The maximum absolute atomic E-state index is 11.9. The average Bonchev–Trinajstić information content (AvgIpc) is 2.29. The molecule has 0 saturated carbocycles. The summed E-state index contributed by atoms with van der Waals surface area (Å²) in [6, 6.07) is 7.18. The summed E-state index contributed by atoms with van der Waals surface area (Å²) in [6.07, 6.45) is 0. The number of carbonyl (C=O) groups is 1. The van der Waals surface area contributed by atoms with Crippen LogP contribution in [0.25, 0.3) is 0 Å². The molecule has 1 rings (SSSR count). The van der Waals surface area contributed by atoms with Crippen LogP contribution in [-0.4, -0.2) is 25.3 Å². The van der Waals surface area contributed by atoms with Crippen LogP contribution in [0, 0.1) is 6.92 Å². The number of anilines is 1. The predicted molar refractivity (Wildman–Crippen MR) is 77.9 cm³/mol. The van der Waals surface area contributed by atoms with E-state index in [0.29, 0.717) is 11.3 Å². The van der Waals surface area contributed by atoms with Gasteiger partial charge in [-0.1, -0.05) is 29.8 Å². The third-order valence-corrected chi connectivity index (χ3v) is 4.86. The van der Waals surface area contributed by atoms with Crippen molar-refractivity contribution in [2.75, 3.05) is 11.1 Å². The van der Waals surface area contributed by atoms with E-state index in [9.17, 15) is 13.2 Å². The molecule has 0 spiro atoms. The quantitative estimate of drug-likeness (QED) is 0.842. The van der Waals surface area contributed by atoms with Gasteiger partial charge in [0, 0.05) is 5.69 Å². The van der Waals surface area contributed by atoms with E-state index in [0.717, 1.165) is 5.56 Å². The van der Waals surface area contributed by atoms with E-state index >= 15 is 0 Å². The Morgan fingerprint density at radius 2 is 1.84 bits per heavy atom. The van der Waals surface area contributed by atoms with Gasteiger partial charge in [0.15, 0.2) is 9.84 Å². The summed E-state index contributed by atoms with van der Waals surface area (Å²) < 4.78 is 23.8. The number of sulfone groups is 1. The summed E-state index contributed by atoms with van der Waals surface area (Å²) in [5.41, 5.74) is 2.18. The van der Waals surface area contributed by atoms with Crippen LogP contribution in [-0.2, 0) is 14.6 Å². The molecule has 1 unspecified atom stereocenters. The van der Waals surface area contributed by atoms with E-state index in [1.807, 2.05) is 19.1 Å². The van der Waals surface area contributed by atoms with Gasteiger partial charge in [0.2, 0.25) is 5.91 Å². The Morgan fingerprint density at radius 1 is 1.32 bits per heavy atom. The van der Waals surface area contributed by atoms with Crippen LogP contribution in [0.4, 0.5) is 5.69 Å². The molecule has 0 radical (unpaired) electrons. The zero-order chi connectivity index (χ0) is 14.6. The molecule has 1 N–H and O–H groups in total. The van der Waals surface area contributed by atoms with Crippen molar-refractivity contribution in [1.82, 2.24) is 0 Å². The lowest BCUT2D eigenvalue weighted by Crippen LogP contribution is -2.34. The van der Waals surface area contributed by atoms with Crippen LogP contribution < -0.4 is 5.32 Å². The minimum absolute atomic E-state index is 0.171. The lowest BCUT2D eigenvalue weighted by Gasteiger charge is -2.13. The summed E-state index contributed by atoms with van der Waals surface area (Å²) in [4.78, 5) is 11.9. The summed E-state index contributed by atoms with van der Waals surface area (Å²) in [5, 5.41) is 1.51. The van der Waals surface area contributed by atoms with Crippen LogP contribution in [0.5, 0.6) is 0 Å². The number of carbonyl (C=O) groups excluding carboxylic acids is 1. The second-order valence-electron chi connectivity index (χ2n) is 4.76. The Labute approximate surface area is 114 Å². The molecule has 0 bridgehead atoms. The molecule has 5 heteroatoms. The van der Waals surface area contributed by atoms with Crippen molar-refractivity contribution in [3.05, 3.63) is 42.0 Å². The normalized spacial score (nSPS) is 12.8. The maximum Gasteiger partial charge on any atom is 0.242 e. The van der Waals surface area contributed by atoms with Crippen molar-refractivity contribution in [3.63, 3.8) is 0 Å². The molecule has 1 aromatic carbocycles. The topological polar surface area (TPSA) is 63.2 Å². The van der Waals surface area contributed by atoms with Gasteiger partial charge in [-0.05, 0) is 32.9 Å². The molecule has 4 nitrogen and oxygen atoms in total. The van der Waals surface area contributed by atoms with Gasteiger partial charge in [-0.2, -0.15) is 0 Å². The van der Waals surface area contributed by atoms with Gasteiger partial charge < -0.3 is 5.32 Å². The Morgan fingerprint density at radius 3 is 2.32 bits per heavy atom. The smallest absolute Gasteiger partial charge is 0.242 e. The lowest BCUT2D eigenvalue weighted by atomic mass is 10.2. The number of aryl methyl sites for hydroxylation is 1. The molecule has 0 aliphatic rings. The first-order valence-electron chi connectivity index (χ1n) is 5.96. The van der Waals surface area contributed by atoms with Crippen molar-refractivity contribution in [3.8, 4) is 0 Å². The SMILES string of the molecule is C=C(C)CS(=O)(=O)C(C)C(=O)Nc1ccc(C)cc1. The van der Waals surface area contributed by atoms with Crippen molar-refractivity contribution < 1.29 is 13.2 Å². The fraction of sp³-hybridized carbons (Fsp3) is 0.357. The maximum atomic E-state index is 11.9. The van der Waals surface area contributed by atoms with Crippen molar-refractivity contribution in [2.45, 2.75) is 26.0 Å². The summed E-state index contributed by atoms with van der Waals surface area (Å²) in [7, 11) is -3.50. The number of rotatable bonds is 5. The molecule has 0 saturated heterocycles. The van der Waals surface area contributed by atoms with Crippen molar-refractivity contribution in [1.29, 1.82) is 0 Å². The van der Waals surface area contributed by atoms with Crippen LogP contribution in [0.15, 0.2) is 36.4 Å².